The van der Waals surface area contributed by atoms with Crippen LogP contribution in [0.1, 0.15) is 17.8 Å². The summed E-state index contributed by atoms with van der Waals surface area (Å²) in [6.07, 6.45) is 2.60. The van der Waals surface area contributed by atoms with Crippen molar-refractivity contribution in [3.8, 4) is 0 Å². The van der Waals surface area contributed by atoms with Gasteiger partial charge in [-0.2, -0.15) is 10.1 Å². The molecular formula is C12H17BrN6. The topological polar surface area (TPSA) is 81.7 Å². The molecule has 0 spiro atoms. The van der Waals surface area contributed by atoms with Crippen LogP contribution in [0.15, 0.2) is 16.7 Å². The van der Waals surface area contributed by atoms with Crippen LogP contribution >= 0.6 is 15.9 Å². The summed E-state index contributed by atoms with van der Waals surface area (Å²) < 4.78 is 2.83. The number of aryl methyl sites for hydroxylation is 3. The third-order valence-corrected chi connectivity index (χ3v) is 3.29. The summed E-state index contributed by atoms with van der Waals surface area (Å²) in [4.78, 5) is 8.02. The van der Waals surface area contributed by atoms with Crippen LogP contribution in [-0.2, 0) is 6.54 Å². The maximum absolute atomic E-state index is 5.55. The van der Waals surface area contributed by atoms with Gasteiger partial charge in [-0.3, -0.25) is 4.68 Å². The zero-order valence-corrected chi connectivity index (χ0v) is 12.6. The lowest BCUT2D eigenvalue weighted by molar-refractivity contribution is 0.573. The molecule has 0 unspecified atom stereocenters. The summed E-state index contributed by atoms with van der Waals surface area (Å²) in [5.74, 6) is 0.991. The second kappa shape index (κ2) is 6.01. The molecular weight excluding hydrogens is 308 g/mol. The Morgan fingerprint density at radius 2 is 2.21 bits per heavy atom. The van der Waals surface area contributed by atoms with Crippen LogP contribution in [0.5, 0.6) is 0 Å². The molecule has 7 heteroatoms. The van der Waals surface area contributed by atoms with Gasteiger partial charge in [-0.05, 0) is 42.3 Å². The molecule has 0 aliphatic heterocycles. The van der Waals surface area contributed by atoms with E-state index in [9.17, 15) is 0 Å². The monoisotopic (exact) mass is 324 g/mol. The van der Waals surface area contributed by atoms with Crippen LogP contribution in [0.4, 0.5) is 11.8 Å². The van der Waals surface area contributed by atoms with Gasteiger partial charge in [0.15, 0.2) is 0 Å². The van der Waals surface area contributed by atoms with E-state index in [4.69, 9.17) is 5.73 Å². The zero-order chi connectivity index (χ0) is 13.8. The number of halogens is 1. The van der Waals surface area contributed by atoms with Crippen molar-refractivity contribution in [3.63, 3.8) is 0 Å². The minimum Gasteiger partial charge on any atom is -0.369 e. The van der Waals surface area contributed by atoms with E-state index in [1.807, 2.05) is 11.6 Å². The molecule has 19 heavy (non-hydrogen) atoms. The average molecular weight is 325 g/mol. The molecule has 2 heterocycles. The predicted molar refractivity (Wildman–Crippen MR) is 79.0 cm³/mol. The highest BCUT2D eigenvalue weighted by Crippen LogP contribution is 2.18. The number of rotatable bonds is 5. The van der Waals surface area contributed by atoms with Crippen LogP contribution in [0.2, 0.25) is 0 Å². The van der Waals surface area contributed by atoms with Gasteiger partial charge in [0, 0.05) is 25.0 Å². The van der Waals surface area contributed by atoms with Gasteiger partial charge in [-0.25, -0.2) is 4.98 Å². The highest BCUT2D eigenvalue weighted by Gasteiger charge is 2.03. The van der Waals surface area contributed by atoms with Crippen LogP contribution in [-0.4, -0.2) is 26.3 Å². The van der Waals surface area contributed by atoms with Gasteiger partial charge in [0.05, 0.1) is 10.2 Å². The van der Waals surface area contributed by atoms with Crippen LogP contribution in [0.25, 0.3) is 0 Å². The number of anilines is 2. The van der Waals surface area contributed by atoms with Gasteiger partial charge in [0.1, 0.15) is 5.82 Å². The number of nitrogens with one attached hydrogen (secondary N) is 1. The molecule has 2 aromatic heterocycles. The van der Waals surface area contributed by atoms with E-state index in [-0.39, 0.29) is 5.95 Å². The highest BCUT2D eigenvalue weighted by molar-refractivity contribution is 9.10. The molecule has 0 amide bonds. The molecule has 0 aliphatic rings. The molecule has 3 N–H and O–H groups in total. The third kappa shape index (κ3) is 3.66. The van der Waals surface area contributed by atoms with Crippen LogP contribution < -0.4 is 11.1 Å². The molecule has 0 radical (unpaired) electrons. The van der Waals surface area contributed by atoms with Gasteiger partial charge in [0.25, 0.3) is 0 Å². The summed E-state index contributed by atoms with van der Waals surface area (Å²) in [7, 11) is 0. The van der Waals surface area contributed by atoms with Crippen molar-refractivity contribution in [3.05, 3.63) is 28.1 Å². The van der Waals surface area contributed by atoms with Crippen LogP contribution in [0, 0.1) is 13.8 Å². The van der Waals surface area contributed by atoms with Gasteiger partial charge >= 0.3 is 0 Å². The molecule has 0 aliphatic carbocycles. The van der Waals surface area contributed by atoms with Crippen molar-refractivity contribution in [1.29, 1.82) is 0 Å². The Hall–Kier alpha value is -1.63. The summed E-state index contributed by atoms with van der Waals surface area (Å²) >= 11 is 3.38. The molecule has 0 fully saturated rings. The maximum Gasteiger partial charge on any atom is 0.221 e. The Labute approximate surface area is 120 Å². The molecule has 0 saturated heterocycles. The molecule has 102 valence electrons. The fourth-order valence-electron chi connectivity index (χ4n) is 1.84. The van der Waals surface area contributed by atoms with Gasteiger partial charge < -0.3 is 11.1 Å². The van der Waals surface area contributed by atoms with Gasteiger partial charge in [-0.1, -0.05) is 0 Å². The van der Waals surface area contributed by atoms with Crippen molar-refractivity contribution in [2.75, 3.05) is 17.6 Å². The van der Waals surface area contributed by atoms with Gasteiger partial charge in [-0.15, -0.1) is 0 Å². The van der Waals surface area contributed by atoms with Crippen molar-refractivity contribution in [2.24, 2.45) is 0 Å². The Kier molecular flexibility index (Phi) is 4.36. The minimum atomic E-state index is 0.268. The Balaban J connectivity index is 1.84. The SMILES string of the molecule is Cc1cc(C)n(CCCNc2nc(N)ncc2Br)n1. The first-order valence-corrected chi connectivity index (χ1v) is 6.88. The van der Waals surface area contributed by atoms with Crippen molar-refractivity contribution >= 4 is 27.7 Å². The predicted octanol–water partition coefficient (Wildman–Crippen LogP) is 2.14. The smallest absolute Gasteiger partial charge is 0.221 e. The molecule has 6 nitrogen and oxygen atoms in total. The van der Waals surface area contributed by atoms with Crippen molar-refractivity contribution in [2.45, 2.75) is 26.8 Å². The number of nitrogen functional groups attached to an aromatic ring is 1. The fourth-order valence-corrected chi connectivity index (χ4v) is 2.17. The quantitative estimate of drug-likeness (QED) is 0.823. The second-order valence-corrected chi connectivity index (χ2v) is 5.21. The largest absolute Gasteiger partial charge is 0.369 e. The fraction of sp³-hybridized carbons (Fsp3) is 0.417. The van der Waals surface area contributed by atoms with E-state index in [0.29, 0.717) is 0 Å². The zero-order valence-electron chi connectivity index (χ0n) is 11.0. The molecule has 0 aromatic carbocycles. The summed E-state index contributed by atoms with van der Waals surface area (Å²) in [6, 6.07) is 2.08. The van der Waals surface area contributed by atoms with Gasteiger partial charge in [0.2, 0.25) is 5.95 Å². The number of nitrogens with zero attached hydrogens (tertiary/aromatic N) is 4. The van der Waals surface area contributed by atoms with E-state index >= 15 is 0 Å². The average Bonchev–Trinajstić information content (AvgIpc) is 2.67. The van der Waals surface area contributed by atoms with Crippen molar-refractivity contribution < 1.29 is 0 Å². The molecule has 2 rings (SSSR count). The molecule has 0 saturated carbocycles. The van der Waals surface area contributed by atoms with E-state index in [0.717, 1.165) is 35.5 Å². The molecule has 0 atom stereocenters. The Bertz CT molecular complexity index is 565. The molecule has 0 bridgehead atoms. The van der Waals surface area contributed by atoms with Crippen molar-refractivity contribution in [1.82, 2.24) is 19.7 Å². The maximum atomic E-state index is 5.55. The summed E-state index contributed by atoms with van der Waals surface area (Å²) in [5.41, 5.74) is 7.79. The summed E-state index contributed by atoms with van der Waals surface area (Å²) in [6.45, 7) is 5.75. The first kappa shape index (κ1) is 13.8. The number of hydrogen-bond donors (Lipinski definition) is 2. The van der Waals surface area contributed by atoms with E-state index in [2.05, 4.69) is 49.3 Å². The summed E-state index contributed by atoms with van der Waals surface area (Å²) in [5, 5.41) is 7.65. The highest BCUT2D eigenvalue weighted by atomic mass is 79.9. The third-order valence-electron chi connectivity index (χ3n) is 2.71. The Morgan fingerprint density at radius 3 is 2.89 bits per heavy atom. The van der Waals surface area contributed by atoms with E-state index in [1.165, 1.54) is 5.69 Å². The molecule has 2 aromatic rings. The first-order chi connectivity index (χ1) is 9.06. The standard InChI is InChI=1S/C12H17BrN6/c1-8-6-9(2)19(18-8)5-3-4-15-11-10(13)7-16-12(14)17-11/h6-7H,3-5H2,1-2H3,(H3,14,15,16,17). The van der Waals surface area contributed by atoms with E-state index < -0.39 is 0 Å². The number of nitrogens with two attached hydrogens (primary N) is 1. The normalized spacial score (nSPS) is 10.7. The lowest BCUT2D eigenvalue weighted by Crippen LogP contribution is -2.10. The van der Waals surface area contributed by atoms with Crippen LogP contribution in [0.3, 0.4) is 0 Å². The second-order valence-electron chi connectivity index (χ2n) is 4.36. The lowest BCUT2D eigenvalue weighted by Gasteiger charge is -2.08. The number of hydrogen-bond acceptors (Lipinski definition) is 5. The lowest BCUT2D eigenvalue weighted by atomic mass is 10.4. The Morgan fingerprint density at radius 1 is 1.42 bits per heavy atom. The number of aromatic nitrogens is 4. The van der Waals surface area contributed by atoms with E-state index in [1.54, 1.807) is 6.20 Å². The minimum absolute atomic E-state index is 0.268. The first-order valence-electron chi connectivity index (χ1n) is 6.09.